The second-order valence-electron chi connectivity index (χ2n) is 4.84. The van der Waals surface area contributed by atoms with Gasteiger partial charge in [-0.25, -0.2) is 0 Å². The molecule has 1 heterocycles. The van der Waals surface area contributed by atoms with Crippen LogP contribution in [0.2, 0.25) is 5.02 Å². The first-order valence-electron chi connectivity index (χ1n) is 6.45. The number of ether oxygens (including phenoxy) is 2. The monoisotopic (exact) mass is 304 g/mol. The second kappa shape index (κ2) is 5.30. The van der Waals surface area contributed by atoms with Gasteiger partial charge in [0.15, 0.2) is 0 Å². The van der Waals surface area contributed by atoms with Crippen molar-refractivity contribution in [3.05, 3.63) is 52.5 Å². The van der Waals surface area contributed by atoms with Gasteiger partial charge in [-0.3, -0.25) is 4.79 Å². The lowest BCUT2D eigenvalue weighted by molar-refractivity contribution is -0.135. The number of methoxy groups -OCH3 is 1. The van der Waals surface area contributed by atoms with E-state index < -0.39 is 0 Å². The quantitative estimate of drug-likeness (QED) is 0.681. The standard InChI is InChI=1S/C16H13ClO4/c1-20-14-5-2-9(17)6-13(14)12-8-16(19)21-15-7-10(18)3-4-11(12)15/h2-7,12,18H,8H2,1H3. The van der Waals surface area contributed by atoms with Crippen LogP contribution in [0.1, 0.15) is 23.5 Å². The smallest absolute Gasteiger partial charge is 0.312 e. The molecule has 1 N–H and O–H groups in total. The molecule has 108 valence electrons. The number of hydrogen-bond acceptors (Lipinski definition) is 4. The molecule has 1 unspecified atom stereocenters. The van der Waals surface area contributed by atoms with Crippen molar-refractivity contribution in [1.29, 1.82) is 0 Å². The zero-order valence-electron chi connectivity index (χ0n) is 11.3. The van der Waals surface area contributed by atoms with E-state index in [9.17, 15) is 9.90 Å². The summed E-state index contributed by atoms with van der Waals surface area (Å²) in [5, 5.41) is 10.1. The van der Waals surface area contributed by atoms with Gasteiger partial charge in [0.25, 0.3) is 0 Å². The molecule has 4 nitrogen and oxygen atoms in total. The molecule has 1 aliphatic rings. The van der Waals surface area contributed by atoms with Crippen molar-refractivity contribution in [2.24, 2.45) is 0 Å². The lowest BCUT2D eigenvalue weighted by atomic mass is 9.86. The highest BCUT2D eigenvalue weighted by Gasteiger charge is 2.30. The van der Waals surface area contributed by atoms with Crippen LogP contribution >= 0.6 is 11.6 Å². The Balaban J connectivity index is 2.16. The number of hydrogen-bond donors (Lipinski definition) is 1. The molecule has 0 spiro atoms. The summed E-state index contributed by atoms with van der Waals surface area (Å²) in [6, 6.07) is 10.1. The fourth-order valence-corrected chi connectivity index (χ4v) is 2.78. The molecular weight excluding hydrogens is 292 g/mol. The van der Waals surface area contributed by atoms with Gasteiger partial charge in [0.1, 0.15) is 17.2 Å². The minimum Gasteiger partial charge on any atom is -0.508 e. The Hall–Kier alpha value is -2.20. The molecule has 0 saturated heterocycles. The zero-order valence-corrected chi connectivity index (χ0v) is 12.1. The molecule has 0 saturated carbocycles. The highest BCUT2D eigenvalue weighted by Crippen LogP contribution is 2.43. The Morgan fingerprint density at radius 1 is 1.24 bits per heavy atom. The number of halogens is 1. The molecule has 0 fully saturated rings. The van der Waals surface area contributed by atoms with Crippen molar-refractivity contribution in [1.82, 2.24) is 0 Å². The van der Waals surface area contributed by atoms with Gasteiger partial charge in [0.2, 0.25) is 0 Å². The van der Waals surface area contributed by atoms with E-state index >= 15 is 0 Å². The lowest BCUT2D eigenvalue weighted by Crippen LogP contribution is -2.21. The van der Waals surface area contributed by atoms with Gasteiger partial charge < -0.3 is 14.6 Å². The molecule has 0 aromatic heterocycles. The van der Waals surface area contributed by atoms with Crippen LogP contribution in [0.3, 0.4) is 0 Å². The molecule has 0 aliphatic carbocycles. The topological polar surface area (TPSA) is 55.8 Å². The Kier molecular flexibility index (Phi) is 3.47. The van der Waals surface area contributed by atoms with E-state index in [2.05, 4.69) is 0 Å². The zero-order chi connectivity index (χ0) is 15.0. The highest BCUT2D eigenvalue weighted by molar-refractivity contribution is 6.30. The van der Waals surface area contributed by atoms with Crippen LogP contribution in [0.5, 0.6) is 17.2 Å². The summed E-state index contributed by atoms with van der Waals surface area (Å²) >= 11 is 6.07. The van der Waals surface area contributed by atoms with E-state index in [4.69, 9.17) is 21.1 Å². The van der Waals surface area contributed by atoms with Gasteiger partial charge in [-0.15, -0.1) is 0 Å². The minimum atomic E-state index is -0.347. The molecule has 21 heavy (non-hydrogen) atoms. The first-order valence-corrected chi connectivity index (χ1v) is 6.83. The predicted molar refractivity (Wildman–Crippen MR) is 78.2 cm³/mol. The van der Waals surface area contributed by atoms with Gasteiger partial charge in [-0.2, -0.15) is 0 Å². The summed E-state index contributed by atoms with van der Waals surface area (Å²) in [5.41, 5.74) is 1.65. The Morgan fingerprint density at radius 3 is 2.81 bits per heavy atom. The third-order valence-corrected chi connectivity index (χ3v) is 3.77. The van der Waals surface area contributed by atoms with Crippen molar-refractivity contribution < 1.29 is 19.4 Å². The molecule has 5 heteroatoms. The van der Waals surface area contributed by atoms with Gasteiger partial charge in [-0.05, 0) is 24.3 Å². The highest BCUT2D eigenvalue weighted by atomic mass is 35.5. The summed E-state index contributed by atoms with van der Waals surface area (Å²) < 4.78 is 10.6. The molecule has 0 radical (unpaired) electrons. The van der Waals surface area contributed by atoms with Crippen LogP contribution in [0, 0.1) is 0 Å². The maximum atomic E-state index is 11.8. The molecule has 2 aromatic rings. The number of fused-ring (bicyclic) bond motifs is 1. The van der Waals surface area contributed by atoms with Gasteiger partial charge in [0.05, 0.1) is 13.5 Å². The van der Waals surface area contributed by atoms with E-state index in [-0.39, 0.29) is 24.1 Å². The van der Waals surface area contributed by atoms with E-state index in [1.54, 1.807) is 37.4 Å². The third-order valence-electron chi connectivity index (χ3n) is 3.53. The normalized spacial score (nSPS) is 17.0. The maximum Gasteiger partial charge on any atom is 0.312 e. The average molecular weight is 305 g/mol. The minimum absolute atomic E-state index is 0.0558. The van der Waals surface area contributed by atoms with E-state index in [1.165, 1.54) is 6.07 Å². The largest absolute Gasteiger partial charge is 0.508 e. The maximum absolute atomic E-state index is 11.8. The van der Waals surface area contributed by atoms with Gasteiger partial charge in [-0.1, -0.05) is 17.7 Å². The number of esters is 1. The van der Waals surface area contributed by atoms with Crippen LogP contribution in [-0.2, 0) is 4.79 Å². The second-order valence-corrected chi connectivity index (χ2v) is 5.28. The van der Waals surface area contributed by atoms with Gasteiger partial charge >= 0.3 is 5.97 Å². The number of benzene rings is 2. The first kappa shape index (κ1) is 13.8. The number of carbonyl (C=O) groups excluding carboxylic acids is 1. The Bertz CT molecular complexity index is 711. The van der Waals surface area contributed by atoms with Crippen molar-refractivity contribution in [2.45, 2.75) is 12.3 Å². The molecule has 1 atom stereocenters. The lowest BCUT2D eigenvalue weighted by Gasteiger charge is -2.26. The van der Waals surface area contributed by atoms with Crippen LogP contribution in [0.25, 0.3) is 0 Å². The van der Waals surface area contributed by atoms with Crippen LogP contribution in [0.15, 0.2) is 36.4 Å². The molecule has 0 amide bonds. The van der Waals surface area contributed by atoms with Crippen LogP contribution in [-0.4, -0.2) is 18.2 Å². The summed E-state index contributed by atoms with van der Waals surface area (Å²) in [6.45, 7) is 0. The van der Waals surface area contributed by atoms with E-state index in [0.29, 0.717) is 16.5 Å². The molecule has 2 aromatic carbocycles. The first-order chi connectivity index (χ1) is 10.1. The fourth-order valence-electron chi connectivity index (χ4n) is 2.60. The third kappa shape index (κ3) is 2.54. The Labute approximate surface area is 126 Å². The number of phenols is 1. The molecule has 3 rings (SSSR count). The molecule has 1 aliphatic heterocycles. The van der Waals surface area contributed by atoms with Crippen molar-refractivity contribution in [3.8, 4) is 17.2 Å². The summed E-state index contributed by atoms with van der Waals surface area (Å²) in [6.07, 6.45) is 0.203. The Morgan fingerprint density at radius 2 is 2.05 bits per heavy atom. The number of carbonyl (C=O) groups is 1. The van der Waals surface area contributed by atoms with E-state index in [1.807, 2.05) is 0 Å². The summed E-state index contributed by atoms with van der Waals surface area (Å²) in [4.78, 5) is 11.8. The average Bonchev–Trinajstić information content (AvgIpc) is 2.45. The number of rotatable bonds is 2. The number of aromatic hydroxyl groups is 1. The predicted octanol–water partition coefficient (Wildman–Crippen LogP) is 3.50. The SMILES string of the molecule is COc1ccc(Cl)cc1C1CC(=O)Oc2cc(O)ccc21. The summed E-state index contributed by atoms with van der Waals surface area (Å²) in [7, 11) is 1.58. The fraction of sp³-hybridized carbons (Fsp3) is 0.188. The van der Waals surface area contributed by atoms with Crippen LogP contribution in [0.4, 0.5) is 0 Å². The van der Waals surface area contributed by atoms with E-state index in [0.717, 1.165) is 11.1 Å². The van der Waals surface area contributed by atoms with Crippen molar-refractivity contribution in [3.63, 3.8) is 0 Å². The van der Waals surface area contributed by atoms with Crippen molar-refractivity contribution in [2.75, 3.05) is 7.11 Å². The van der Waals surface area contributed by atoms with Crippen LogP contribution < -0.4 is 9.47 Å². The molecular formula is C16H13ClO4. The molecule has 0 bridgehead atoms. The van der Waals surface area contributed by atoms with Gasteiger partial charge in [0, 0.05) is 28.1 Å². The summed E-state index contributed by atoms with van der Waals surface area (Å²) in [5.74, 6) is 0.535. The van der Waals surface area contributed by atoms with Crippen molar-refractivity contribution >= 4 is 17.6 Å². The number of phenolic OH excluding ortho intramolecular Hbond substituents is 1.